The summed E-state index contributed by atoms with van der Waals surface area (Å²) < 4.78 is 44.0. The van der Waals surface area contributed by atoms with Gasteiger partial charge in [0.1, 0.15) is 125 Å². The second-order valence-corrected chi connectivity index (χ2v) is 30.9. The number of carboxylic acid groups (broad SMARTS) is 2. The minimum Gasteiger partial charge on any atom is -0.508 e. The summed E-state index contributed by atoms with van der Waals surface area (Å²) >= 11 is 14.2. The normalized spacial score (nSPS) is 26.5. The molecular weight excluding hydrogens is 1640 g/mol. The van der Waals surface area contributed by atoms with Gasteiger partial charge in [-0.15, -0.1) is 0 Å². The van der Waals surface area contributed by atoms with Gasteiger partial charge in [-0.25, -0.2) is 9.59 Å². The molecule has 0 aromatic heterocycles. The summed E-state index contributed by atoms with van der Waals surface area (Å²) in [5.41, 5.74) is -3.28. The number of amides is 7. The number of ether oxygens (including phenoxy) is 7. The molecule has 648 valence electrons. The fourth-order valence-corrected chi connectivity index (χ4v) is 15.7. The van der Waals surface area contributed by atoms with Gasteiger partial charge in [0.2, 0.25) is 59.7 Å². The molecule has 2 fully saturated rings. The number of aliphatic hydroxyl groups excluding tert-OH is 7. The number of halogens is 2. The van der Waals surface area contributed by atoms with E-state index in [0.29, 0.717) is 12.8 Å². The number of phenolic OH excluding ortho intramolecular Hbond substituents is 4. The van der Waals surface area contributed by atoms with Gasteiger partial charge in [0.05, 0.1) is 16.7 Å². The standard InChI is InChI=1S/C83H88Cl2N8O29/c1-3-4-5-6-7-8-9-10-11-12-56(99)88-65-68(102)70(104)73(81(114)115)122-82(65)121-72-53-27-38-28-54(72)118-50-22-17-37(25-45(50)84)66(100)64-79(111)92-63(80(112)113)43-29-39(95)30-52(119-83-71(105)69(103)67(101)55(33-94)120-83)57(43)42-24-35(15-20-47(42)96)60(76(108)93-64)89-77(109)61(38)90-78(110)62-44-31-41(32-49(98)58(44)85)117-51-26-36(16-21-48(51)97)59(86-2)75(107)87-46(74(106)91-62)23-34-13-18-40(116-53)19-14-34/h13-22,24-32,46,55,59-71,73,82-83,86,94-98,100-105H,3-12,23,33H2,1-2H3,(H,87,107)(H,88,99)(H,89,109)(H,90,110)(H,91,106)(H,92,111)(H,93,108)(H,112,113)(H,114,115)/t46-,55-,59+,60-,61-,62+,63+,64+,65-,66-,67-,68-,69+,70+,71+,73+,82-,83+/m1/s1. The summed E-state index contributed by atoms with van der Waals surface area (Å²) in [6.45, 7) is 1.12. The first kappa shape index (κ1) is 88.0. The van der Waals surface area contributed by atoms with E-state index in [2.05, 4.69) is 49.5 Å². The Morgan fingerprint density at radius 3 is 1.83 bits per heavy atom. The smallest absolute Gasteiger partial charge is 0.335 e. The molecule has 21 N–H and O–H groups in total. The molecule has 15 rings (SSSR count). The lowest BCUT2D eigenvalue weighted by molar-refractivity contribution is -0.277. The molecule has 8 heterocycles. The fourth-order valence-electron chi connectivity index (χ4n) is 15.2. The Morgan fingerprint density at radius 2 is 1.15 bits per heavy atom. The van der Waals surface area contributed by atoms with Gasteiger partial charge < -0.3 is 142 Å². The molecular formula is C83H88Cl2N8O29. The van der Waals surface area contributed by atoms with Crippen molar-refractivity contribution in [1.82, 2.24) is 42.5 Å². The molecule has 18 atom stereocenters. The van der Waals surface area contributed by atoms with Crippen LogP contribution in [0.25, 0.3) is 11.1 Å². The average molecular weight is 1730 g/mol. The van der Waals surface area contributed by atoms with Gasteiger partial charge >= 0.3 is 11.9 Å². The third-order valence-electron chi connectivity index (χ3n) is 21.7. The summed E-state index contributed by atoms with van der Waals surface area (Å²) in [4.78, 5) is 136. The van der Waals surface area contributed by atoms with E-state index in [1.165, 1.54) is 49.5 Å². The molecule has 7 amide bonds. The number of carbonyl (C=O) groups is 9. The molecule has 0 radical (unpaired) electrons. The number of hydrogen-bond donors (Lipinski definition) is 21. The van der Waals surface area contributed by atoms with Crippen LogP contribution in [0.5, 0.6) is 69.0 Å². The first-order valence-electron chi connectivity index (χ1n) is 39.1. The Balaban J connectivity index is 1.04. The van der Waals surface area contributed by atoms with Crippen LogP contribution in [-0.4, -0.2) is 207 Å². The van der Waals surface area contributed by atoms with Crippen LogP contribution in [0.4, 0.5) is 0 Å². The molecule has 7 aromatic rings. The molecule has 0 unspecified atom stereocenters. The van der Waals surface area contributed by atoms with E-state index in [0.717, 1.165) is 118 Å². The number of phenols is 4. The van der Waals surface area contributed by atoms with Gasteiger partial charge in [-0.1, -0.05) is 112 Å². The Bertz CT molecular complexity index is 5180. The summed E-state index contributed by atoms with van der Waals surface area (Å²) in [6, 6.07) is 4.43. The van der Waals surface area contributed by atoms with Gasteiger partial charge in [0.15, 0.2) is 35.1 Å². The van der Waals surface area contributed by atoms with Gasteiger partial charge in [-0.3, -0.25) is 33.6 Å². The molecule has 0 saturated carbocycles. The maximum atomic E-state index is 16.7. The summed E-state index contributed by atoms with van der Waals surface area (Å²) in [7, 11) is 1.42. The molecule has 2 saturated heterocycles. The number of likely N-dealkylation sites (N-methyl/N-ethyl adjacent to an activating group) is 1. The predicted molar refractivity (Wildman–Crippen MR) is 424 cm³/mol. The van der Waals surface area contributed by atoms with E-state index in [-0.39, 0.29) is 40.4 Å². The highest BCUT2D eigenvalue weighted by Crippen LogP contribution is 2.50. The van der Waals surface area contributed by atoms with Crippen molar-refractivity contribution in [2.45, 2.75) is 187 Å². The van der Waals surface area contributed by atoms with Crippen molar-refractivity contribution in [3.63, 3.8) is 0 Å². The van der Waals surface area contributed by atoms with Crippen LogP contribution in [0, 0.1) is 0 Å². The molecule has 39 heteroatoms. The third kappa shape index (κ3) is 18.9. The highest BCUT2D eigenvalue weighted by molar-refractivity contribution is 6.33. The topological polar surface area (TPSA) is 577 Å². The van der Waals surface area contributed by atoms with Crippen LogP contribution in [-0.2, 0) is 59.0 Å². The molecule has 0 aliphatic carbocycles. The lowest BCUT2D eigenvalue weighted by Gasteiger charge is -2.41. The van der Waals surface area contributed by atoms with Gasteiger partial charge in [0, 0.05) is 47.2 Å². The lowest BCUT2D eigenvalue weighted by Crippen LogP contribution is -2.66. The molecule has 8 aliphatic rings. The van der Waals surface area contributed by atoms with E-state index in [1.54, 1.807) is 0 Å². The van der Waals surface area contributed by atoms with Crippen molar-refractivity contribution >= 4 is 76.5 Å². The molecule has 37 nitrogen and oxygen atoms in total. The number of aliphatic carboxylic acids is 2. The van der Waals surface area contributed by atoms with Gasteiger partial charge in [-0.2, -0.15) is 0 Å². The monoisotopic (exact) mass is 1730 g/mol. The van der Waals surface area contributed by atoms with Crippen LogP contribution < -0.4 is 66.2 Å². The first-order chi connectivity index (χ1) is 58.3. The van der Waals surface area contributed by atoms with Crippen LogP contribution in [0.15, 0.2) is 115 Å². The zero-order valence-corrected chi connectivity index (χ0v) is 66.5. The minimum atomic E-state index is -2.47. The van der Waals surface area contributed by atoms with E-state index in [9.17, 15) is 85.6 Å². The number of carbonyl (C=O) groups excluding carboxylic acids is 7. The highest BCUT2D eigenvalue weighted by atomic mass is 35.5. The molecule has 17 bridgehead atoms. The minimum absolute atomic E-state index is 0.149. The van der Waals surface area contributed by atoms with E-state index in [4.69, 9.17) is 56.4 Å². The summed E-state index contributed by atoms with van der Waals surface area (Å²) in [5.74, 6) is -19.5. The second-order valence-electron chi connectivity index (χ2n) is 30.1. The van der Waals surface area contributed by atoms with Crippen LogP contribution in [0.2, 0.25) is 10.0 Å². The molecule has 8 aliphatic heterocycles. The number of nitrogens with one attached hydrogen (secondary N) is 8. The maximum absolute atomic E-state index is 16.7. The maximum Gasteiger partial charge on any atom is 0.335 e. The van der Waals surface area contributed by atoms with Gasteiger partial charge in [0.25, 0.3) is 0 Å². The van der Waals surface area contributed by atoms with Crippen molar-refractivity contribution in [3.05, 3.63) is 164 Å². The first-order valence-corrected chi connectivity index (χ1v) is 39.8. The number of carboxylic acids is 2. The molecule has 122 heavy (non-hydrogen) atoms. The molecule has 0 spiro atoms. The number of aliphatic hydroxyl groups is 7. The van der Waals surface area contributed by atoms with E-state index in [1.807, 2.05) is 0 Å². The summed E-state index contributed by atoms with van der Waals surface area (Å²) in [5, 5.41) is 167. The van der Waals surface area contributed by atoms with Crippen molar-refractivity contribution < 1.29 is 143 Å². The lowest BCUT2D eigenvalue weighted by atomic mass is 9.89. The quantitative estimate of drug-likeness (QED) is 0.0501. The van der Waals surface area contributed by atoms with Crippen LogP contribution in [0.1, 0.15) is 146 Å². The van der Waals surface area contributed by atoms with E-state index >= 15 is 24.0 Å². The van der Waals surface area contributed by atoms with Crippen LogP contribution >= 0.6 is 23.2 Å². The number of rotatable bonds is 19. The zero-order valence-electron chi connectivity index (χ0n) is 64.9. The largest absolute Gasteiger partial charge is 0.508 e. The van der Waals surface area contributed by atoms with Crippen molar-refractivity contribution in [3.8, 4) is 80.1 Å². The Morgan fingerprint density at radius 1 is 0.516 bits per heavy atom. The SMILES string of the molecule is CCCCCCCCCCCC(=O)N[C@H]1[C@H](Oc2c3cc4cc2Oc2ccc(cc2Cl)[C@@H](O)[C@@H]2NC(=O)[C@H](NC(=O)[C@@H]4NC(=O)[C@H]4NC(=O)[C@@H](Cc5ccc(cc5)O3)NC(=O)[C@@H](NC)c3ccc(O)c(c3)Oc3cc(O)c(Cl)c4c3)c3ccc(O)c(c3)-c3c(O[C@H]4O[C@H](CO)[C@@H](O)[C@H](O)[C@@H]4O)cc(O)cc3[C@@H](C(=O)O)NC2=O)O[C@H](C(=O)O)[C@@H](O)[C@@H]1O. The number of benzene rings is 7. The second kappa shape index (κ2) is 37.6. The third-order valence-corrected chi connectivity index (χ3v) is 22.4. The Kier molecular flexibility index (Phi) is 27.1. The van der Waals surface area contributed by atoms with E-state index < -0.39 is 271 Å². The van der Waals surface area contributed by atoms with Crippen molar-refractivity contribution in [2.75, 3.05) is 13.7 Å². The van der Waals surface area contributed by atoms with Crippen LogP contribution in [0.3, 0.4) is 0 Å². The zero-order chi connectivity index (χ0) is 87.4. The number of unbranched alkanes of at least 4 members (excludes halogenated alkanes) is 8. The fraction of sp³-hybridized carbons (Fsp3) is 0.386. The number of hydrogen-bond acceptors (Lipinski definition) is 28. The average Bonchev–Trinajstić information content (AvgIpc) is 0.760. The van der Waals surface area contributed by atoms with Crippen molar-refractivity contribution in [1.29, 1.82) is 0 Å². The highest BCUT2D eigenvalue weighted by Gasteiger charge is 2.52. The number of fused-ring (bicyclic) bond motifs is 14. The van der Waals surface area contributed by atoms with Crippen molar-refractivity contribution in [2.24, 2.45) is 0 Å². The Hall–Kier alpha value is -11.8. The van der Waals surface area contributed by atoms with Gasteiger partial charge in [-0.05, 0) is 114 Å². The Labute approximate surface area is 703 Å². The summed E-state index contributed by atoms with van der Waals surface area (Å²) in [6.07, 6.45) is -14.1. The number of aromatic hydroxyl groups is 4. The molecule has 7 aromatic carbocycles. The predicted octanol–water partition coefficient (Wildman–Crippen LogP) is 4.33.